The maximum atomic E-state index is 13.0. The third-order valence-electron chi connectivity index (χ3n) is 13.0. The Hall–Kier alpha value is -1.80. The molecular weight excluding hydrogens is 876 g/mol. The number of allylic oxidation sites excluding steroid dienone is 10. The van der Waals surface area contributed by atoms with Crippen molar-refractivity contribution in [1.29, 1.82) is 0 Å². The van der Waals surface area contributed by atoms with Crippen molar-refractivity contribution >= 4 is 13.7 Å². The van der Waals surface area contributed by atoms with E-state index in [-0.39, 0.29) is 19.1 Å². The number of nitrogens with zero attached hydrogens (tertiary/aromatic N) is 1. The summed E-state index contributed by atoms with van der Waals surface area (Å²) in [6.45, 7) is 4.63. The highest BCUT2D eigenvalue weighted by molar-refractivity contribution is 7.45. The largest absolute Gasteiger partial charge is 0.756 e. The second kappa shape index (κ2) is 51.1. The Labute approximate surface area is 428 Å². The molecule has 0 aromatic heterocycles. The number of carbonyl (C=O) groups is 1. The topological polar surface area (TPSA) is 108 Å². The molecule has 0 fully saturated rings. The fraction of sp³-hybridized carbons (Fsp3) is 0.817. The van der Waals surface area contributed by atoms with E-state index in [0.717, 1.165) is 77.0 Å². The Morgan fingerprint density at radius 2 is 0.884 bits per heavy atom. The molecule has 2 N–H and O–H groups in total. The number of phosphoric acid groups is 1. The summed E-state index contributed by atoms with van der Waals surface area (Å²) >= 11 is 0. The Kier molecular flexibility index (Phi) is 49.8. The molecule has 0 rings (SSSR count). The lowest BCUT2D eigenvalue weighted by Crippen LogP contribution is -2.46. The number of unbranched alkanes of at least 4 members (excludes halogenated alkanes) is 30. The van der Waals surface area contributed by atoms with Gasteiger partial charge in [-0.15, -0.1) is 0 Å². The van der Waals surface area contributed by atoms with Crippen molar-refractivity contribution in [1.82, 2.24) is 5.32 Å². The van der Waals surface area contributed by atoms with Gasteiger partial charge in [-0.1, -0.05) is 261 Å². The van der Waals surface area contributed by atoms with Gasteiger partial charge < -0.3 is 28.8 Å². The van der Waals surface area contributed by atoms with Gasteiger partial charge in [0.1, 0.15) is 13.2 Å². The molecule has 0 aliphatic rings. The quantitative estimate of drug-likeness (QED) is 0.0272. The minimum absolute atomic E-state index is 0.00907. The molecule has 0 bridgehead atoms. The Morgan fingerprint density at radius 1 is 0.522 bits per heavy atom. The van der Waals surface area contributed by atoms with E-state index in [2.05, 4.69) is 79.9 Å². The first-order chi connectivity index (χ1) is 33.5. The molecule has 0 spiro atoms. The van der Waals surface area contributed by atoms with Crippen molar-refractivity contribution in [2.75, 3.05) is 40.9 Å². The van der Waals surface area contributed by atoms with Gasteiger partial charge in [-0.25, -0.2) is 0 Å². The lowest BCUT2D eigenvalue weighted by atomic mass is 10.0. The van der Waals surface area contributed by atoms with E-state index in [4.69, 9.17) is 9.05 Å². The molecule has 0 radical (unpaired) electrons. The van der Waals surface area contributed by atoms with Crippen molar-refractivity contribution in [3.05, 3.63) is 60.8 Å². The monoisotopic (exact) mass is 989 g/mol. The van der Waals surface area contributed by atoms with Crippen LogP contribution < -0.4 is 10.2 Å². The first-order valence-corrected chi connectivity index (χ1v) is 30.6. The highest BCUT2D eigenvalue weighted by Gasteiger charge is 2.24. The molecule has 69 heavy (non-hydrogen) atoms. The second-order valence-corrected chi connectivity index (χ2v) is 22.4. The fourth-order valence-corrected chi connectivity index (χ4v) is 9.20. The van der Waals surface area contributed by atoms with Crippen molar-refractivity contribution in [3.8, 4) is 0 Å². The minimum Gasteiger partial charge on any atom is -0.756 e. The average molecular weight is 990 g/mol. The molecule has 0 saturated carbocycles. The highest BCUT2D eigenvalue weighted by atomic mass is 31.2. The summed E-state index contributed by atoms with van der Waals surface area (Å²) in [5.41, 5.74) is 0. The van der Waals surface area contributed by atoms with Crippen LogP contribution in [0.25, 0.3) is 0 Å². The van der Waals surface area contributed by atoms with E-state index in [1.807, 2.05) is 21.1 Å². The van der Waals surface area contributed by atoms with Gasteiger partial charge in [0.05, 0.1) is 39.9 Å². The predicted molar refractivity (Wildman–Crippen MR) is 297 cm³/mol. The van der Waals surface area contributed by atoms with Gasteiger partial charge in [0, 0.05) is 6.42 Å². The summed E-state index contributed by atoms with van der Waals surface area (Å²) in [5, 5.41) is 14.0. The molecule has 0 aromatic carbocycles. The van der Waals surface area contributed by atoms with Crippen LogP contribution in [0.1, 0.15) is 264 Å². The number of nitrogens with one attached hydrogen (secondary N) is 1. The number of aliphatic hydroxyl groups is 1. The summed E-state index contributed by atoms with van der Waals surface area (Å²) in [6, 6.07) is -0.808. The molecule has 3 atom stereocenters. The standard InChI is InChI=1S/C60H113N2O6P/c1-6-8-10-12-14-16-18-20-22-24-26-28-30-31-32-34-36-38-40-42-44-46-48-50-52-54-60(64)61-58(57-68-69(65,66)67-56-55-62(3,4)5)59(63)53-51-49-47-45-43-41-39-37-35-33-29-27-25-23-21-19-17-15-13-11-9-7-2/h8,10,14,16,20,22,26,28,31-32,58-59,63H,6-7,9,11-13,15,17-19,21,23-25,27,29-30,33-57H2,1-5H3,(H-,61,64,65,66)/b10-8-,16-14-,22-20-,28-26-,32-31-. The summed E-state index contributed by atoms with van der Waals surface area (Å²) in [5.74, 6) is -0.170. The molecule has 0 aliphatic heterocycles. The zero-order chi connectivity index (χ0) is 50.6. The smallest absolute Gasteiger partial charge is 0.268 e. The molecule has 1 amide bonds. The number of hydrogen-bond acceptors (Lipinski definition) is 6. The molecule has 0 aliphatic carbocycles. The van der Waals surface area contributed by atoms with Crippen LogP contribution in [0.2, 0.25) is 0 Å². The first kappa shape index (κ1) is 67.2. The predicted octanol–water partition coefficient (Wildman–Crippen LogP) is 17.1. The zero-order valence-electron chi connectivity index (χ0n) is 46.0. The van der Waals surface area contributed by atoms with E-state index in [1.54, 1.807) is 0 Å². The summed E-state index contributed by atoms with van der Waals surface area (Å²) < 4.78 is 23.4. The number of aliphatic hydroxyl groups excluding tert-OH is 1. The highest BCUT2D eigenvalue weighted by Crippen LogP contribution is 2.38. The fourth-order valence-electron chi connectivity index (χ4n) is 8.48. The number of likely N-dealkylation sites (N-methyl/N-ethyl adjacent to an activating group) is 1. The molecule has 0 aromatic rings. The zero-order valence-corrected chi connectivity index (χ0v) is 46.9. The normalized spacial score (nSPS) is 14.4. The summed E-state index contributed by atoms with van der Waals surface area (Å²) in [6.07, 6.45) is 68.2. The third kappa shape index (κ3) is 53.8. The number of quaternary nitrogens is 1. The van der Waals surface area contributed by atoms with Crippen LogP contribution in [0.3, 0.4) is 0 Å². The third-order valence-corrected chi connectivity index (χ3v) is 14.0. The lowest BCUT2D eigenvalue weighted by molar-refractivity contribution is -0.870. The number of hydrogen-bond donors (Lipinski definition) is 2. The van der Waals surface area contributed by atoms with E-state index in [1.165, 1.54) is 161 Å². The molecule has 3 unspecified atom stereocenters. The van der Waals surface area contributed by atoms with Crippen LogP contribution in [0.4, 0.5) is 0 Å². The van der Waals surface area contributed by atoms with Crippen LogP contribution in [-0.2, 0) is 18.4 Å². The molecule has 9 heteroatoms. The number of rotatable bonds is 53. The van der Waals surface area contributed by atoms with Gasteiger partial charge in [-0.05, 0) is 57.8 Å². The van der Waals surface area contributed by atoms with E-state index in [0.29, 0.717) is 23.9 Å². The van der Waals surface area contributed by atoms with Gasteiger partial charge in [-0.3, -0.25) is 9.36 Å². The van der Waals surface area contributed by atoms with E-state index in [9.17, 15) is 19.4 Å². The Balaban J connectivity index is 4.19. The number of phosphoric ester groups is 1. The van der Waals surface area contributed by atoms with Crippen LogP contribution >= 0.6 is 7.82 Å². The Bertz CT molecular complexity index is 1310. The Morgan fingerprint density at radius 3 is 1.29 bits per heavy atom. The van der Waals surface area contributed by atoms with Crippen LogP contribution in [0, 0.1) is 0 Å². The van der Waals surface area contributed by atoms with Gasteiger partial charge in [0.25, 0.3) is 7.82 Å². The molecule has 404 valence electrons. The minimum atomic E-state index is -4.58. The number of carbonyl (C=O) groups excluding carboxylic acids is 1. The van der Waals surface area contributed by atoms with Gasteiger partial charge >= 0.3 is 0 Å². The van der Waals surface area contributed by atoms with Crippen molar-refractivity contribution < 1.29 is 32.9 Å². The van der Waals surface area contributed by atoms with Gasteiger partial charge in [0.2, 0.25) is 5.91 Å². The lowest BCUT2D eigenvalue weighted by Gasteiger charge is -2.30. The van der Waals surface area contributed by atoms with Crippen molar-refractivity contribution in [2.24, 2.45) is 0 Å². The van der Waals surface area contributed by atoms with Crippen LogP contribution in [-0.4, -0.2) is 68.5 Å². The van der Waals surface area contributed by atoms with Gasteiger partial charge in [0.15, 0.2) is 0 Å². The SMILES string of the molecule is CC/C=C\C/C=C\C/C=C\C/C=C\C/C=C\CCCCCCCCCCCC(=O)NC(COP(=O)([O-])OCC[N+](C)(C)C)C(O)CCCCCCCCCCCCCCCCCCCCCCCC. The maximum Gasteiger partial charge on any atom is 0.268 e. The molecular formula is C60H113N2O6P. The summed E-state index contributed by atoms with van der Waals surface area (Å²) in [4.78, 5) is 25.6. The van der Waals surface area contributed by atoms with Crippen LogP contribution in [0.5, 0.6) is 0 Å². The van der Waals surface area contributed by atoms with Crippen LogP contribution in [0.15, 0.2) is 60.8 Å². The van der Waals surface area contributed by atoms with Crippen molar-refractivity contribution in [2.45, 2.75) is 276 Å². The average Bonchev–Trinajstić information content (AvgIpc) is 3.31. The maximum absolute atomic E-state index is 13.0. The second-order valence-electron chi connectivity index (χ2n) is 21.0. The molecule has 0 heterocycles. The van der Waals surface area contributed by atoms with E-state index >= 15 is 0 Å². The first-order valence-electron chi connectivity index (χ1n) is 29.1. The van der Waals surface area contributed by atoms with E-state index < -0.39 is 20.0 Å². The molecule has 8 nitrogen and oxygen atoms in total. The number of amides is 1. The van der Waals surface area contributed by atoms with Crippen molar-refractivity contribution in [3.63, 3.8) is 0 Å². The summed E-state index contributed by atoms with van der Waals surface area (Å²) in [7, 11) is 1.30. The molecule has 0 saturated heterocycles. The van der Waals surface area contributed by atoms with Gasteiger partial charge in [-0.2, -0.15) is 0 Å².